The van der Waals surface area contributed by atoms with E-state index in [1.54, 1.807) is 0 Å². The fraction of sp³-hybridized carbons (Fsp3) is 0.667. The number of carboxylic acids is 1. The van der Waals surface area contributed by atoms with Gasteiger partial charge in [0.2, 0.25) is 17.7 Å². The number of nitrogens with zero attached hydrogens (tertiary/aromatic N) is 2. The molecule has 15 nitrogen and oxygen atoms in total. The molecule has 0 aromatic heterocycles. The lowest BCUT2D eigenvalue weighted by atomic mass is 10.1. The van der Waals surface area contributed by atoms with Gasteiger partial charge in [0.1, 0.15) is 18.1 Å². The number of carbonyl (C=O) groups is 4. The Bertz CT molecular complexity index is 755. The van der Waals surface area contributed by atoms with Crippen LogP contribution in [0.25, 0.3) is 0 Å². The molecule has 194 valence electrons. The summed E-state index contributed by atoms with van der Waals surface area (Å²) in [5.41, 5.74) is 26.6. The Morgan fingerprint density at radius 3 is 1.74 bits per heavy atom. The molecule has 3 amide bonds. The molecule has 0 heterocycles. The zero-order valence-electron chi connectivity index (χ0n) is 19.1. The van der Waals surface area contributed by atoms with Crippen molar-refractivity contribution in [2.24, 2.45) is 38.7 Å². The first-order valence-electron chi connectivity index (χ1n) is 10.5. The second-order valence-electron chi connectivity index (χ2n) is 7.38. The van der Waals surface area contributed by atoms with Crippen LogP contribution in [-0.2, 0) is 19.2 Å². The Morgan fingerprint density at radius 2 is 1.29 bits per heavy atom. The Hall–Kier alpha value is -3.27. The molecule has 0 spiro atoms. The zero-order valence-corrected chi connectivity index (χ0v) is 20.0. The average Bonchev–Trinajstić information content (AvgIpc) is 2.76. The summed E-state index contributed by atoms with van der Waals surface area (Å²) in [4.78, 5) is 56.4. The summed E-state index contributed by atoms with van der Waals surface area (Å²) in [6.45, 7) is 1.79. The molecule has 0 fully saturated rings. The van der Waals surface area contributed by atoms with Gasteiger partial charge >= 0.3 is 5.97 Å². The maximum Gasteiger partial charge on any atom is 0.326 e. The van der Waals surface area contributed by atoms with Crippen LogP contribution in [0.4, 0.5) is 0 Å². The number of nitrogens with one attached hydrogen (secondary N) is 3. The standard InChI is InChI=1S/C18H36N10O5S/c1-9(26-14(30)10(19)8-34)13(29)27-11(4-2-6-24-17(20)21)15(31)28-12(16(32)33)5-3-7-25-18(22)23/h9-12,34H,2-8,19H2,1H3,(H,26,30)(H,27,29)(H,28,31)(H,32,33)(H4,20,21,24)(H4,22,23,25). The number of guanidine groups is 2. The first-order valence-corrected chi connectivity index (χ1v) is 11.1. The fourth-order valence-electron chi connectivity index (χ4n) is 2.57. The molecule has 0 saturated heterocycles. The van der Waals surface area contributed by atoms with Gasteiger partial charge in [-0.05, 0) is 32.6 Å². The lowest BCUT2D eigenvalue weighted by Gasteiger charge is -2.23. The molecule has 0 rings (SSSR count). The van der Waals surface area contributed by atoms with E-state index in [2.05, 4.69) is 38.6 Å². The van der Waals surface area contributed by atoms with Crippen LogP contribution in [0, 0.1) is 0 Å². The van der Waals surface area contributed by atoms with Crippen LogP contribution in [0.3, 0.4) is 0 Å². The number of carbonyl (C=O) groups excluding carboxylic acids is 3. The molecule has 14 N–H and O–H groups in total. The molecule has 34 heavy (non-hydrogen) atoms. The number of nitrogens with two attached hydrogens (primary N) is 5. The molecule has 0 bridgehead atoms. The molecule has 4 unspecified atom stereocenters. The van der Waals surface area contributed by atoms with Crippen LogP contribution in [0.1, 0.15) is 32.6 Å². The van der Waals surface area contributed by atoms with E-state index in [-0.39, 0.29) is 43.6 Å². The fourth-order valence-corrected chi connectivity index (χ4v) is 2.74. The van der Waals surface area contributed by atoms with Crippen molar-refractivity contribution < 1.29 is 24.3 Å². The van der Waals surface area contributed by atoms with Gasteiger partial charge in [0.15, 0.2) is 11.9 Å². The van der Waals surface area contributed by atoms with E-state index in [9.17, 15) is 24.3 Å². The van der Waals surface area contributed by atoms with Gasteiger partial charge in [0.05, 0.1) is 6.04 Å². The highest BCUT2D eigenvalue weighted by atomic mass is 32.1. The Kier molecular flexibility index (Phi) is 14.8. The van der Waals surface area contributed by atoms with Gasteiger partial charge in [-0.15, -0.1) is 0 Å². The maximum absolute atomic E-state index is 12.8. The first kappa shape index (κ1) is 30.7. The number of rotatable bonds is 16. The van der Waals surface area contributed by atoms with E-state index in [1.807, 2.05) is 0 Å². The predicted molar refractivity (Wildman–Crippen MR) is 131 cm³/mol. The molecule has 0 aliphatic heterocycles. The molecule has 16 heteroatoms. The molecule has 0 aliphatic rings. The third-order valence-corrected chi connectivity index (χ3v) is 4.82. The average molecular weight is 505 g/mol. The van der Waals surface area contributed by atoms with E-state index >= 15 is 0 Å². The van der Waals surface area contributed by atoms with Gasteiger partial charge in [0.25, 0.3) is 0 Å². The molecular weight excluding hydrogens is 468 g/mol. The molecule has 0 saturated carbocycles. The summed E-state index contributed by atoms with van der Waals surface area (Å²) in [5, 5.41) is 16.8. The van der Waals surface area contributed by atoms with Crippen molar-refractivity contribution in [1.29, 1.82) is 0 Å². The zero-order chi connectivity index (χ0) is 26.3. The number of aliphatic imine (C=N–C) groups is 2. The number of aliphatic carboxylic acids is 1. The van der Waals surface area contributed by atoms with Crippen molar-refractivity contribution in [2.45, 2.75) is 56.8 Å². The molecule has 4 atom stereocenters. The van der Waals surface area contributed by atoms with Crippen LogP contribution < -0.4 is 44.6 Å². The molecular formula is C18H36N10O5S. The Labute approximate surface area is 203 Å². The number of hydrogen-bond donors (Lipinski definition) is 10. The molecule has 0 radical (unpaired) electrons. The lowest BCUT2D eigenvalue weighted by molar-refractivity contribution is -0.142. The predicted octanol–water partition coefficient (Wildman–Crippen LogP) is -4.09. The van der Waals surface area contributed by atoms with Gasteiger partial charge in [-0.3, -0.25) is 24.4 Å². The second-order valence-corrected chi connectivity index (χ2v) is 7.74. The van der Waals surface area contributed by atoms with Crippen molar-refractivity contribution in [2.75, 3.05) is 18.8 Å². The van der Waals surface area contributed by atoms with Crippen molar-refractivity contribution in [3.05, 3.63) is 0 Å². The van der Waals surface area contributed by atoms with Gasteiger partial charge in [-0.2, -0.15) is 12.6 Å². The lowest BCUT2D eigenvalue weighted by Crippen LogP contribution is -2.56. The third-order valence-electron chi connectivity index (χ3n) is 4.42. The van der Waals surface area contributed by atoms with Crippen LogP contribution in [-0.4, -0.2) is 83.7 Å². The monoisotopic (exact) mass is 504 g/mol. The van der Waals surface area contributed by atoms with E-state index in [0.717, 1.165) is 0 Å². The number of hydrogen-bond acceptors (Lipinski definition) is 8. The Balaban J connectivity index is 5.24. The maximum atomic E-state index is 12.8. The Morgan fingerprint density at radius 1 is 0.824 bits per heavy atom. The molecule has 0 aromatic rings. The summed E-state index contributed by atoms with van der Waals surface area (Å²) >= 11 is 3.93. The van der Waals surface area contributed by atoms with Crippen LogP contribution >= 0.6 is 12.6 Å². The number of amides is 3. The van der Waals surface area contributed by atoms with E-state index in [0.29, 0.717) is 12.8 Å². The minimum atomic E-state index is -1.26. The second kappa shape index (κ2) is 16.4. The van der Waals surface area contributed by atoms with Crippen LogP contribution in [0.15, 0.2) is 9.98 Å². The van der Waals surface area contributed by atoms with Crippen LogP contribution in [0.5, 0.6) is 0 Å². The SMILES string of the molecule is CC(NC(=O)C(N)CS)C(=O)NC(CCCN=C(N)N)C(=O)NC(CCCN=C(N)N)C(=O)O. The van der Waals surface area contributed by atoms with E-state index in [1.165, 1.54) is 6.92 Å². The van der Waals surface area contributed by atoms with Crippen molar-refractivity contribution in [1.82, 2.24) is 16.0 Å². The van der Waals surface area contributed by atoms with Crippen molar-refractivity contribution in [3.63, 3.8) is 0 Å². The van der Waals surface area contributed by atoms with Gasteiger partial charge < -0.3 is 49.7 Å². The summed E-state index contributed by atoms with van der Waals surface area (Å²) < 4.78 is 0. The summed E-state index contributed by atoms with van der Waals surface area (Å²) in [6.07, 6.45) is 0.765. The van der Waals surface area contributed by atoms with Gasteiger partial charge in [0, 0.05) is 18.8 Å². The quantitative estimate of drug-likeness (QED) is 0.0419. The minimum absolute atomic E-state index is 0.0561. The van der Waals surface area contributed by atoms with Gasteiger partial charge in [-0.1, -0.05) is 0 Å². The summed E-state index contributed by atoms with van der Waals surface area (Å²) in [6, 6.07) is -4.27. The normalized spacial score (nSPS) is 14.0. The molecule has 0 aliphatic carbocycles. The van der Waals surface area contributed by atoms with Crippen LogP contribution in [0.2, 0.25) is 0 Å². The largest absolute Gasteiger partial charge is 0.480 e. The topological polar surface area (TPSA) is 279 Å². The highest BCUT2D eigenvalue weighted by Gasteiger charge is 2.28. The van der Waals surface area contributed by atoms with E-state index < -0.39 is 47.9 Å². The number of carboxylic acid groups (broad SMARTS) is 1. The number of thiol groups is 1. The summed E-state index contributed by atoms with van der Waals surface area (Å²) in [5.74, 6) is -3.41. The highest BCUT2D eigenvalue weighted by molar-refractivity contribution is 7.80. The van der Waals surface area contributed by atoms with E-state index in [4.69, 9.17) is 28.7 Å². The third kappa shape index (κ3) is 13.3. The van der Waals surface area contributed by atoms with Gasteiger partial charge in [-0.25, -0.2) is 4.79 Å². The summed E-state index contributed by atoms with van der Waals surface area (Å²) in [7, 11) is 0. The first-order chi connectivity index (χ1) is 15.9. The van der Waals surface area contributed by atoms with Crippen molar-refractivity contribution in [3.8, 4) is 0 Å². The smallest absolute Gasteiger partial charge is 0.326 e. The molecule has 0 aromatic carbocycles. The highest BCUT2D eigenvalue weighted by Crippen LogP contribution is 2.04. The van der Waals surface area contributed by atoms with Crippen molar-refractivity contribution >= 4 is 48.2 Å². The minimum Gasteiger partial charge on any atom is -0.480 e.